The highest BCUT2D eigenvalue weighted by molar-refractivity contribution is 5.90. The largest absolute Gasteiger partial charge is 0.482 e. The van der Waals surface area contributed by atoms with Crippen LogP contribution in [0.25, 0.3) is 0 Å². The molecular weight excluding hydrogens is 210 g/mol. The number of furan rings is 1. The zero-order valence-corrected chi connectivity index (χ0v) is 8.97. The molecule has 5 nitrogen and oxygen atoms in total. The van der Waals surface area contributed by atoms with Crippen LogP contribution in [-0.4, -0.2) is 30.8 Å². The lowest BCUT2D eigenvalue weighted by molar-refractivity contribution is 0.0649. The van der Waals surface area contributed by atoms with Crippen molar-refractivity contribution >= 4 is 11.7 Å². The molecule has 1 aromatic rings. The van der Waals surface area contributed by atoms with Crippen LogP contribution in [0, 0.1) is 5.92 Å². The molecule has 1 fully saturated rings. The number of carboxylic acids is 1. The van der Waals surface area contributed by atoms with E-state index in [2.05, 4.69) is 0 Å². The summed E-state index contributed by atoms with van der Waals surface area (Å²) in [4.78, 5) is 12.9. The zero-order valence-electron chi connectivity index (χ0n) is 8.97. The van der Waals surface area contributed by atoms with Crippen LogP contribution in [0.3, 0.4) is 0 Å². The third-order valence-corrected chi connectivity index (χ3v) is 3.20. The Labute approximate surface area is 92.6 Å². The molecule has 2 heterocycles. The molecule has 0 amide bonds. The van der Waals surface area contributed by atoms with Gasteiger partial charge in [-0.1, -0.05) is 0 Å². The molecule has 1 atom stereocenters. The summed E-state index contributed by atoms with van der Waals surface area (Å²) < 4.78 is 10.8. The molecule has 0 radical (unpaired) electrons. The second-order valence-electron chi connectivity index (χ2n) is 4.46. The number of rotatable bonds is 2. The van der Waals surface area contributed by atoms with Crippen molar-refractivity contribution in [3.05, 3.63) is 12.0 Å². The third-order valence-electron chi connectivity index (χ3n) is 3.20. The molecule has 1 aliphatic carbocycles. The molecule has 16 heavy (non-hydrogen) atoms. The highest BCUT2D eigenvalue weighted by atomic mass is 16.5. The lowest BCUT2D eigenvalue weighted by Crippen LogP contribution is -2.38. The predicted molar refractivity (Wildman–Crippen MR) is 56.1 cm³/mol. The first-order valence-electron chi connectivity index (χ1n) is 5.39. The summed E-state index contributed by atoms with van der Waals surface area (Å²) in [6, 6.07) is 0. The van der Waals surface area contributed by atoms with E-state index in [-0.39, 0.29) is 11.9 Å². The smallest absolute Gasteiger partial charge is 0.375 e. The van der Waals surface area contributed by atoms with Crippen LogP contribution in [-0.2, 0) is 0 Å². The van der Waals surface area contributed by atoms with Crippen molar-refractivity contribution in [1.82, 2.24) is 0 Å². The van der Waals surface area contributed by atoms with E-state index in [1.807, 2.05) is 11.9 Å². The molecule has 1 aromatic heterocycles. The van der Waals surface area contributed by atoms with Gasteiger partial charge in [-0.3, -0.25) is 0 Å². The third kappa shape index (κ3) is 1.35. The number of ether oxygens (including phenoxy) is 1. The van der Waals surface area contributed by atoms with Crippen LogP contribution in [0.4, 0.5) is 5.69 Å². The topological polar surface area (TPSA) is 62.9 Å². The fraction of sp³-hybridized carbons (Fsp3) is 0.545. The van der Waals surface area contributed by atoms with Gasteiger partial charge >= 0.3 is 5.97 Å². The number of hydrogen-bond acceptors (Lipinski definition) is 4. The van der Waals surface area contributed by atoms with Crippen LogP contribution in [0.5, 0.6) is 5.75 Å². The van der Waals surface area contributed by atoms with E-state index in [0.717, 1.165) is 12.2 Å². The Morgan fingerprint density at radius 2 is 2.31 bits per heavy atom. The summed E-state index contributed by atoms with van der Waals surface area (Å²) >= 11 is 0. The average molecular weight is 223 g/mol. The van der Waals surface area contributed by atoms with Crippen LogP contribution < -0.4 is 9.64 Å². The van der Waals surface area contributed by atoms with Crippen LogP contribution in [0.2, 0.25) is 0 Å². The number of anilines is 1. The number of carbonyl (C=O) groups is 1. The average Bonchev–Trinajstić information content (AvgIpc) is 2.98. The van der Waals surface area contributed by atoms with Gasteiger partial charge < -0.3 is 19.2 Å². The van der Waals surface area contributed by atoms with Gasteiger partial charge in [-0.2, -0.15) is 0 Å². The molecule has 0 spiro atoms. The summed E-state index contributed by atoms with van der Waals surface area (Å²) in [7, 11) is 1.93. The summed E-state index contributed by atoms with van der Waals surface area (Å²) in [5.41, 5.74) is 0.731. The van der Waals surface area contributed by atoms with Crippen LogP contribution >= 0.6 is 0 Å². The van der Waals surface area contributed by atoms with Gasteiger partial charge in [0.15, 0.2) is 5.75 Å². The fourth-order valence-corrected chi connectivity index (χ4v) is 2.13. The Kier molecular flexibility index (Phi) is 1.89. The van der Waals surface area contributed by atoms with E-state index < -0.39 is 5.97 Å². The van der Waals surface area contributed by atoms with Crippen molar-refractivity contribution in [2.75, 3.05) is 18.5 Å². The zero-order chi connectivity index (χ0) is 11.3. The van der Waals surface area contributed by atoms with Crippen molar-refractivity contribution in [2.45, 2.75) is 18.9 Å². The molecule has 0 saturated heterocycles. The Morgan fingerprint density at radius 3 is 2.94 bits per heavy atom. The SMILES string of the molecule is CN1CC(C2CC2)Oc2c1coc2C(=O)O. The summed E-state index contributed by atoms with van der Waals surface area (Å²) in [6.07, 6.45) is 3.90. The maximum Gasteiger partial charge on any atom is 0.375 e. The van der Waals surface area contributed by atoms with Crippen molar-refractivity contribution < 1.29 is 19.1 Å². The molecule has 1 unspecified atom stereocenters. The van der Waals surface area contributed by atoms with E-state index in [0.29, 0.717) is 11.7 Å². The predicted octanol–water partition coefficient (Wildman–Crippen LogP) is 1.58. The highest BCUT2D eigenvalue weighted by Crippen LogP contribution is 2.43. The second kappa shape index (κ2) is 3.17. The van der Waals surface area contributed by atoms with Gasteiger partial charge in [-0.25, -0.2) is 4.79 Å². The quantitative estimate of drug-likeness (QED) is 0.824. The lowest BCUT2D eigenvalue weighted by Gasteiger charge is -2.31. The van der Waals surface area contributed by atoms with Crippen LogP contribution in [0.15, 0.2) is 10.7 Å². The first-order valence-corrected chi connectivity index (χ1v) is 5.39. The van der Waals surface area contributed by atoms with Gasteiger partial charge in [-0.05, 0) is 18.8 Å². The summed E-state index contributed by atoms with van der Waals surface area (Å²) in [5.74, 6) is -0.205. The summed E-state index contributed by atoms with van der Waals surface area (Å²) in [5, 5.41) is 8.96. The first-order chi connectivity index (χ1) is 7.66. The Hall–Kier alpha value is -1.65. The van der Waals surface area contributed by atoms with E-state index >= 15 is 0 Å². The normalized spacial score (nSPS) is 23.8. The Morgan fingerprint density at radius 1 is 1.56 bits per heavy atom. The van der Waals surface area contributed by atoms with Gasteiger partial charge in [0.05, 0.1) is 6.54 Å². The number of carboxylic acid groups (broad SMARTS) is 1. The maximum absolute atomic E-state index is 10.9. The number of aromatic carboxylic acids is 1. The lowest BCUT2D eigenvalue weighted by atomic mass is 10.1. The van der Waals surface area contributed by atoms with Gasteiger partial charge in [0.2, 0.25) is 0 Å². The molecule has 0 aromatic carbocycles. The first kappa shape index (κ1) is 9.57. The maximum atomic E-state index is 10.9. The molecule has 86 valence electrons. The van der Waals surface area contributed by atoms with Gasteiger partial charge in [0.25, 0.3) is 5.76 Å². The molecule has 0 bridgehead atoms. The van der Waals surface area contributed by atoms with Crippen molar-refractivity contribution in [2.24, 2.45) is 5.92 Å². The van der Waals surface area contributed by atoms with E-state index in [4.69, 9.17) is 14.3 Å². The molecule has 3 rings (SSSR count). The molecule has 2 aliphatic rings. The molecule has 1 N–H and O–H groups in total. The van der Waals surface area contributed by atoms with Gasteiger partial charge in [0.1, 0.15) is 18.1 Å². The number of likely N-dealkylation sites (N-methyl/N-ethyl adjacent to an activating group) is 1. The van der Waals surface area contributed by atoms with Crippen molar-refractivity contribution in [3.8, 4) is 5.75 Å². The van der Waals surface area contributed by atoms with E-state index in [1.54, 1.807) is 0 Å². The minimum Gasteiger partial charge on any atom is -0.482 e. The molecular formula is C11H13NO4. The second-order valence-corrected chi connectivity index (χ2v) is 4.46. The molecule has 1 aliphatic heterocycles. The highest BCUT2D eigenvalue weighted by Gasteiger charge is 2.39. The summed E-state index contributed by atoms with van der Waals surface area (Å²) in [6.45, 7) is 0.802. The fourth-order valence-electron chi connectivity index (χ4n) is 2.13. The Bertz CT molecular complexity index is 435. The van der Waals surface area contributed by atoms with Crippen LogP contribution in [0.1, 0.15) is 23.4 Å². The van der Waals surface area contributed by atoms with E-state index in [1.165, 1.54) is 19.1 Å². The monoisotopic (exact) mass is 223 g/mol. The molecule has 5 heteroatoms. The number of fused-ring (bicyclic) bond motifs is 1. The van der Waals surface area contributed by atoms with E-state index in [9.17, 15) is 4.79 Å². The standard InChI is InChI=1S/C11H13NO4/c1-12-4-8(6-2-3-6)16-9-7(12)5-15-10(9)11(13)14/h5-6,8H,2-4H2,1H3,(H,13,14). The van der Waals surface area contributed by atoms with Gasteiger partial charge in [-0.15, -0.1) is 0 Å². The van der Waals surface area contributed by atoms with Gasteiger partial charge in [0, 0.05) is 7.05 Å². The van der Waals surface area contributed by atoms with Crippen molar-refractivity contribution in [3.63, 3.8) is 0 Å². The number of nitrogens with zero attached hydrogens (tertiary/aromatic N) is 1. The minimum absolute atomic E-state index is 0.0906. The minimum atomic E-state index is -1.08. The van der Waals surface area contributed by atoms with Crippen molar-refractivity contribution in [1.29, 1.82) is 0 Å². The Balaban J connectivity index is 1.96. The number of hydrogen-bond donors (Lipinski definition) is 1. The molecule has 1 saturated carbocycles.